The van der Waals surface area contributed by atoms with Gasteiger partial charge in [0.2, 0.25) is 0 Å². The molecular weight excluding hydrogens is 220 g/mol. The molecule has 1 rings (SSSR count). The number of aromatic carboxylic acids is 1. The van der Waals surface area contributed by atoms with Gasteiger partial charge in [0.15, 0.2) is 0 Å². The van der Waals surface area contributed by atoms with E-state index >= 15 is 0 Å². The average molecular weight is 238 g/mol. The van der Waals surface area contributed by atoms with Crippen molar-refractivity contribution in [1.29, 1.82) is 0 Å². The van der Waals surface area contributed by atoms with Crippen molar-refractivity contribution in [2.45, 2.75) is 13.8 Å². The summed E-state index contributed by atoms with van der Waals surface area (Å²) in [7, 11) is 0. The molecule has 5 heteroatoms. The van der Waals surface area contributed by atoms with Crippen molar-refractivity contribution in [2.75, 3.05) is 25.1 Å². The molecule has 1 heterocycles. The normalized spacial score (nSPS) is 10.5. The van der Waals surface area contributed by atoms with Crippen molar-refractivity contribution in [3.05, 3.63) is 23.9 Å². The molecule has 94 valence electrons. The number of ether oxygens (including phenoxy) is 1. The Kier molecular flexibility index (Phi) is 5.42. The summed E-state index contributed by atoms with van der Waals surface area (Å²) in [6.07, 6.45) is 1.56. The van der Waals surface area contributed by atoms with E-state index in [4.69, 9.17) is 9.84 Å². The Balaban J connectivity index is 2.39. The lowest BCUT2D eigenvalue weighted by atomic mass is 10.2. The highest BCUT2D eigenvalue weighted by molar-refractivity contribution is 5.92. The lowest BCUT2D eigenvalue weighted by molar-refractivity contribution is 0.0697. The number of hydrogen-bond acceptors (Lipinski definition) is 4. The Morgan fingerprint density at radius 2 is 2.35 bits per heavy atom. The lowest BCUT2D eigenvalue weighted by Gasteiger charge is -2.09. The third-order valence-corrected chi connectivity index (χ3v) is 2.03. The molecule has 0 fully saturated rings. The van der Waals surface area contributed by atoms with Crippen molar-refractivity contribution in [3.8, 4) is 0 Å². The first-order chi connectivity index (χ1) is 8.11. The van der Waals surface area contributed by atoms with Crippen LogP contribution in [0, 0.1) is 5.92 Å². The van der Waals surface area contributed by atoms with Crippen molar-refractivity contribution in [3.63, 3.8) is 0 Å². The zero-order chi connectivity index (χ0) is 12.7. The van der Waals surface area contributed by atoms with Crippen LogP contribution in [0.1, 0.15) is 24.2 Å². The molecule has 0 aromatic carbocycles. The van der Waals surface area contributed by atoms with E-state index in [2.05, 4.69) is 24.1 Å². The molecule has 0 saturated carbocycles. The van der Waals surface area contributed by atoms with Gasteiger partial charge in [-0.2, -0.15) is 0 Å². The maximum atomic E-state index is 10.9. The van der Waals surface area contributed by atoms with E-state index in [1.54, 1.807) is 12.3 Å². The number of rotatable bonds is 7. The smallest absolute Gasteiger partial charge is 0.339 e. The molecule has 0 saturated heterocycles. The summed E-state index contributed by atoms with van der Waals surface area (Å²) in [5.74, 6) is -0.101. The van der Waals surface area contributed by atoms with E-state index in [0.29, 0.717) is 31.5 Å². The Labute approximate surface area is 101 Å². The second kappa shape index (κ2) is 6.85. The number of nitrogens with one attached hydrogen (secondary N) is 1. The Morgan fingerprint density at radius 3 is 3.00 bits per heavy atom. The predicted molar refractivity (Wildman–Crippen MR) is 65.3 cm³/mol. The van der Waals surface area contributed by atoms with Crippen LogP contribution < -0.4 is 5.32 Å². The van der Waals surface area contributed by atoms with Gasteiger partial charge in [-0.05, 0) is 18.1 Å². The zero-order valence-electron chi connectivity index (χ0n) is 10.1. The summed E-state index contributed by atoms with van der Waals surface area (Å²) >= 11 is 0. The first-order valence-electron chi connectivity index (χ1n) is 5.61. The molecule has 0 radical (unpaired) electrons. The molecule has 0 aliphatic heterocycles. The van der Waals surface area contributed by atoms with Gasteiger partial charge in [-0.15, -0.1) is 0 Å². The molecule has 0 atom stereocenters. The summed E-state index contributed by atoms with van der Waals surface area (Å²) in [5, 5.41) is 11.9. The van der Waals surface area contributed by atoms with Gasteiger partial charge < -0.3 is 15.2 Å². The Hall–Kier alpha value is -1.62. The molecule has 0 amide bonds. The van der Waals surface area contributed by atoms with Gasteiger partial charge in [0.25, 0.3) is 0 Å². The van der Waals surface area contributed by atoms with Crippen molar-refractivity contribution in [1.82, 2.24) is 4.98 Å². The molecule has 0 aliphatic rings. The molecule has 0 bridgehead atoms. The van der Waals surface area contributed by atoms with Crippen molar-refractivity contribution in [2.24, 2.45) is 5.92 Å². The fourth-order valence-corrected chi connectivity index (χ4v) is 1.28. The number of nitrogens with zero attached hydrogens (tertiary/aromatic N) is 1. The van der Waals surface area contributed by atoms with Gasteiger partial charge in [-0.25, -0.2) is 9.78 Å². The highest BCUT2D eigenvalue weighted by atomic mass is 16.5. The number of aromatic nitrogens is 1. The standard InChI is InChI=1S/C12H18N2O3/c1-9(2)8-17-7-6-14-11-10(12(15)16)4-3-5-13-11/h3-5,9H,6-8H2,1-2H3,(H,13,14)(H,15,16). The second-order valence-corrected chi connectivity index (χ2v) is 4.10. The van der Waals surface area contributed by atoms with Gasteiger partial charge in [-0.1, -0.05) is 13.8 Å². The monoisotopic (exact) mass is 238 g/mol. The molecule has 1 aromatic heterocycles. The summed E-state index contributed by atoms with van der Waals surface area (Å²) in [4.78, 5) is 14.9. The van der Waals surface area contributed by atoms with Crippen LogP contribution in [-0.4, -0.2) is 35.8 Å². The number of carbonyl (C=O) groups is 1. The number of pyridine rings is 1. The maximum absolute atomic E-state index is 10.9. The second-order valence-electron chi connectivity index (χ2n) is 4.10. The fourth-order valence-electron chi connectivity index (χ4n) is 1.28. The molecule has 0 aliphatic carbocycles. The van der Waals surface area contributed by atoms with Gasteiger partial charge in [-0.3, -0.25) is 0 Å². The number of hydrogen-bond donors (Lipinski definition) is 2. The molecule has 17 heavy (non-hydrogen) atoms. The SMILES string of the molecule is CC(C)COCCNc1ncccc1C(=O)O. The minimum atomic E-state index is -0.983. The first kappa shape index (κ1) is 13.4. The number of anilines is 1. The topological polar surface area (TPSA) is 71.5 Å². The van der Waals surface area contributed by atoms with E-state index in [1.165, 1.54) is 6.07 Å². The van der Waals surface area contributed by atoms with Crippen LogP contribution >= 0.6 is 0 Å². The summed E-state index contributed by atoms with van der Waals surface area (Å²) in [6.45, 7) is 5.94. The highest BCUT2D eigenvalue weighted by Gasteiger charge is 2.09. The lowest BCUT2D eigenvalue weighted by Crippen LogP contribution is -2.15. The minimum absolute atomic E-state index is 0.177. The van der Waals surface area contributed by atoms with Crippen LogP contribution in [0.5, 0.6) is 0 Å². The van der Waals surface area contributed by atoms with Crippen LogP contribution in [0.2, 0.25) is 0 Å². The highest BCUT2D eigenvalue weighted by Crippen LogP contribution is 2.10. The van der Waals surface area contributed by atoms with Crippen LogP contribution in [0.4, 0.5) is 5.82 Å². The predicted octanol–water partition coefficient (Wildman–Crippen LogP) is 1.86. The summed E-state index contributed by atoms with van der Waals surface area (Å²) in [5.41, 5.74) is 0.177. The van der Waals surface area contributed by atoms with Crippen molar-refractivity contribution < 1.29 is 14.6 Å². The number of carboxylic acid groups (broad SMARTS) is 1. The molecule has 1 aromatic rings. The van der Waals surface area contributed by atoms with Crippen LogP contribution in [-0.2, 0) is 4.74 Å². The van der Waals surface area contributed by atoms with Gasteiger partial charge in [0.1, 0.15) is 11.4 Å². The van der Waals surface area contributed by atoms with Gasteiger partial charge in [0.05, 0.1) is 6.61 Å². The first-order valence-corrected chi connectivity index (χ1v) is 5.61. The summed E-state index contributed by atoms with van der Waals surface area (Å²) in [6, 6.07) is 3.12. The molecule has 5 nitrogen and oxygen atoms in total. The Morgan fingerprint density at radius 1 is 1.59 bits per heavy atom. The van der Waals surface area contributed by atoms with E-state index in [1.807, 2.05) is 0 Å². The molecular formula is C12H18N2O3. The largest absolute Gasteiger partial charge is 0.478 e. The minimum Gasteiger partial charge on any atom is -0.478 e. The third kappa shape index (κ3) is 4.82. The van der Waals surface area contributed by atoms with Gasteiger partial charge in [0, 0.05) is 19.3 Å². The fraction of sp³-hybridized carbons (Fsp3) is 0.500. The average Bonchev–Trinajstić information content (AvgIpc) is 2.28. The number of carboxylic acids is 1. The van der Waals surface area contributed by atoms with E-state index in [-0.39, 0.29) is 5.56 Å². The van der Waals surface area contributed by atoms with Gasteiger partial charge >= 0.3 is 5.97 Å². The van der Waals surface area contributed by atoms with E-state index in [0.717, 1.165) is 0 Å². The third-order valence-electron chi connectivity index (χ3n) is 2.03. The quantitative estimate of drug-likeness (QED) is 0.709. The molecule has 0 spiro atoms. The maximum Gasteiger partial charge on any atom is 0.339 e. The van der Waals surface area contributed by atoms with Crippen LogP contribution in [0.3, 0.4) is 0 Å². The summed E-state index contributed by atoms with van der Waals surface area (Å²) < 4.78 is 5.38. The van der Waals surface area contributed by atoms with Crippen LogP contribution in [0.15, 0.2) is 18.3 Å². The molecule has 2 N–H and O–H groups in total. The zero-order valence-corrected chi connectivity index (χ0v) is 10.1. The molecule has 0 unspecified atom stereocenters. The van der Waals surface area contributed by atoms with E-state index in [9.17, 15) is 4.79 Å². The van der Waals surface area contributed by atoms with Crippen molar-refractivity contribution >= 4 is 11.8 Å². The van der Waals surface area contributed by atoms with E-state index < -0.39 is 5.97 Å². The van der Waals surface area contributed by atoms with Crippen LogP contribution in [0.25, 0.3) is 0 Å². The Bertz CT molecular complexity index is 367.